The number of benzene rings is 3. The van der Waals surface area contributed by atoms with Gasteiger partial charge in [0, 0.05) is 28.6 Å². The average molecular weight is 506 g/mol. The number of rotatable bonds is 5. The van der Waals surface area contributed by atoms with E-state index in [1.54, 1.807) is 25.1 Å². The molecule has 0 spiro atoms. The number of imidazole rings is 1. The second-order valence-corrected chi connectivity index (χ2v) is 9.09. The van der Waals surface area contributed by atoms with Crippen molar-refractivity contribution in [1.29, 1.82) is 0 Å². The Morgan fingerprint density at radius 1 is 1.00 bits per heavy atom. The normalized spacial score (nSPS) is 14.7. The van der Waals surface area contributed by atoms with Crippen molar-refractivity contribution in [3.05, 3.63) is 118 Å². The third-order valence-electron chi connectivity index (χ3n) is 6.77. The molecule has 2 aromatic heterocycles. The first-order valence-corrected chi connectivity index (χ1v) is 12.1. The van der Waals surface area contributed by atoms with E-state index in [9.17, 15) is 14.9 Å². The molecule has 1 unspecified atom stereocenters. The molecular weight excluding hydrogens is 482 g/mol. The summed E-state index contributed by atoms with van der Waals surface area (Å²) in [6, 6.07) is 24.8. The van der Waals surface area contributed by atoms with E-state index in [0.717, 1.165) is 11.0 Å². The van der Waals surface area contributed by atoms with Crippen molar-refractivity contribution in [3.8, 4) is 11.3 Å². The third-order valence-corrected chi connectivity index (χ3v) is 6.77. The molecule has 6 rings (SSSR count). The summed E-state index contributed by atoms with van der Waals surface area (Å²) in [6.45, 7) is 3.54. The lowest BCUT2D eigenvalue weighted by atomic mass is 9.99. The summed E-state index contributed by atoms with van der Waals surface area (Å²) < 4.78 is 8.32. The Kier molecular flexibility index (Phi) is 5.53. The van der Waals surface area contributed by atoms with Gasteiger partial charge in [0.1, 0.15) is 17.6 Å². The monoisotopic (exact) mass is 505 g/mol. The van der Waals surface area contributed by atoms with Crippen LogP contribution in [0.25, 0.3) is 22.4 Å². The molecule has 0 saturated heterocycles. The van der Waals surface area contributed by atoms with Crippen LogP contribution < -0.4 is 10.6 Å². The molecule has 0 radical (unpaired) electrons. The largest absolute Gasteiger partial charge is 0.458 e. The number of hydrogen-bond acceptors (Lipinski definition) is 6. The molecule has 9 heteroatoms. The predicted molar refractivity (Wildman–Crippen MR) is 145 cm³/mol. The van der Waals surface area contributed by atoms with Gasteiger partial charge in [0.2, 0.25) is 5.95 Å². The molecule has 3 heterocycles. The van der Waals surface area contributed by atoms with Gasteiger partial charge in [-0.25, -0.2) is 4.98 Å². The first-order valence-electron chi connectivity index (χ1n) is 12.1. The highest BCUT2D eigenvalue weighted by atomic mass is 16.6. The lowest BCUT2D eigenvalue weighted by molar-refractivity contribution is -0.385. The predicted octanol–water partition coefficient (Wildman–Crippen LogP) is 6.44. The number of furan rings is 1. The maximum absolute atomic E-state index is 13.7. The van der Waals surface area contributed by atoms with Gasteiger partial charge in [0.25, 0.3) is 11.6 Å². The van der Waals surface area contributed by atoms with Gasteiger partial charge in [-0.2, -0.15) is 0 Å². The van der Waals surface area contributed by atoms with Crippen molar-refractivity contribution in [1.82, 2.24) is 9.55 Å². The Morgan fingerprint density at radius 3 is 2.55 bits per heavy atom. The summed E-state index contributed by atoms with van der Waals surface area (Å²) >= 11 is 0. The Morgan fingerprint density at radius 2 is 1.76 bits per heavy atom. The highest BCUT2D eigenvalue weighted by Crippen LogP contribution is 2.41. The van der Waals surface area contributed by atoms with Crippen LogP contribution >= 0.6 is 0 Å². The standard InChI is InChI=1S/C29H23N5O4/c1-17-20(11-8-14-22(17)34(36)37)24-15-16-25(38-24)27-26(28(35)31-19-9-4-3-5-10-19)18(2)30-29-32-21-12-6-7-13-23(21)33(27)29/h3-16,27H,1-2H3,(H,30,32)(H,31,35). The highest BCUT2D eigenvalue weighted by Gasteiger charge is 2.36. The van der Waals surface area contributed by atoms with Crippen LogP contribution in [0.15, 0.2) is 101 Å². The molecule has 3 aromatic carbocycles. The van der Waals surface area contributed by atoms with E-state index in [1.807, 2.05) is 72.2 Å². The number of para-hydroxylation sites is 3. The van der Waals surface area contributed by atoms with Crippen molar-refractivity contribution >= 4 is 34.3 Å². The second-order valence-electron chi connectivity index (χ2n) is 9.09. The molecule has 1 aliphatic rings. The van der Waals surface area contributed by atoms with Gasteiger partial charge in [-0.1, -0.05) is 42.5 Å². The Balaban J connectivity index is 1.50. The molecule has 0 aliphatic carbocycles. The third kappa shape index (κ3) is 3.81. The Bertz CT molecular complexity index is 1750. The number of carbonyl (C=O) groups excluding carboxylic acids is 1. The summed E-state index contributed by atoms with van der Waals surface area (Å²) in [5.74, 6) is 1.30. The van der Waals surface area contributed by atoms with Crippen molar-refractivity contribution in [2.45, 2.75) is 19.9 Å². The van der Waals surface area contributed by atoms with Gasteiger partial charge < -0.3 is 15.1 Å². The second kappa shape index (κ2) is 9.04. The fourth-order valence-electron chi connectivity index (χ4n) is 4.98. The number of hydrogen-bond donors (Lipinski definition) is 2. The molecule has 9 nitrogen and oxygen atoms in total. The summed E-state index contributed by atoms with van der Waals surface area (Å²) in [5.41, 5.74) is 4.55. The first kappa shape index (κ1) is 23.2. The minimum atomic E-state index is -0.630. The molecule has 1 amide bonds. The van der Waals surface area contributed by atoms with Gasteiger partial charge in [-0.3, -0.25) is 19.5 Å². The van der Waals surface area contributed by atoms with Crippen LogP contribution in [0.4, 0.5) is 17.3 Å². The van der Waals surface area contributed by atoms with E-state index in [1.165, 1.54) is 6.07 Å². The minimum absolute atomic E-state index is 0.0175. The molecule has 0 saturated carbocycles. The number of anilines is 2. The smallest absolute Gasteiger partial charge is 0.273 e. The Hall–Kier alpha value is -5.18. The summed E-state index contributed by atoms with van der Waals surface area (Å²) in [6.07, 6.45) is 0. The zero-order valence-corrected chi connectivity index (χ0v) is 20.6. The van der Waals surface area contributed by atoms with Crippen LogP contribution in [0.1, 0.15) is 24.3 Å². The van der Waals surface area contributed by atoms with Gasteiger partial charge >= 0.3 is 0 Å². The number of carbonyl (C=O) groups is 1. The van der Waals surface area contributed by atoms with Crippen LogP contribution in [0.2, 0.25) is 0 Å². The zero-order valence-electron chi connectivity index (χ0n) is 20.6. The number of nitrogens with zero attached hydrogens (tertiary/aromatic N) is 3. The molecule has 1 aliphatic heterocycles. The van der Waals surface area contributed by atoms with Gasteiger partial charge in [0.15, 0.2) is 0 Å². The summed E-state index contributed by atoms with van der Waals surface area (Å²) in [4.78, 5) is 29.6. The van der Waals surface area contributed by atoms with E-state index < -0.39 is 11.0 Å². The molecule has 38 heavy (non-hydrogen) atoms. The zero-order chi connectivity index (χ0) is 26.4. The fourth-order valence-corrected chi connectivity index (χ4v) is 4.98. The van der Waals surface area contributed by atoms with E-state index >= 15 is 0 Å². The molecule has 0 bridgehead atoms. The maximum Gasteiger partial charge on any atom is 0.273 e. The van der Waals surface area contributed by atoms with Crippen molar-refractivity contribution < 1.29 is 14.1 Å². The lowest BCUT2D eigenvalue weighted by Crippen LogP contribution is -2.30. The lowest BCUT2D eigenvalue weighted by Gasteiger charge is -2.29. The van der Waals surface area contributed by atoms with E-state index in [2.05, 4.69) is 10.6 Å². The van der Waals surface area contributed by atoms with Crippen LogP contribution in [-0.2, 0) is 4.79 Å². The molecule has 188 valence electrons. The van der Waals surface area contributed by atoms with Gasteiger partial charge in [0.05, 0.1) is 21.5 Å². The number of aromatic nitrogens is 2. The summed E-state index contributed by atoms with van der Waals surface area (Å²) in [5, 5.41) is 17.8. The highest BCUT2D eigenvalue weighted by molar-refractivity contribution is 6.06. The SMILES string of the molecule is CC1=C(C(=O)Nc2ccccc2)C(c2ccc(-c3cccc([N+](=O)[O-])c3C)o2)n2c(nc3ccccc32)N1. The van der Waals surface area contributed by atoms with Gasteiger partial charge in [-0.05, 0) is 50.2 Å². The summed E-state index contributed by atoms with van der Waals surface area (Å²) in [7, 11) is 0. The Labute approximate surface area is 217 Å². The minimum Gasteiger partial charge on any atom is -0.458 e. The number of amides is 1. The fraction of sp³-hybridized carbons (Fsp3) is 0.103. The molecular formula is C29H23N5O4. The van der Waals surface area contributed by atoms with Crippen LogP contribution in [0, 0.1) is 17.0 Å². The number of nitro benzene ring substituents is 1. The number of nitrogens with one attached hydrogen (secondary N) is 2. The van der Waals surface area contributed by atoms with Gasteiger partial charge in [-0.15, -0.1) is 0 Å². The first-order chi connectivity index (χ1) is 18.4. The molecule has 2 N–H and O–H groups in total. The van der Waals surface area contributed by atoms with E-state index in [0.29, 0.717) is 45.6 Å². The van der Waals surface area contributed by atoms with Crippen LogP contribution in [-0.4, -0.2) is 20.4 Å². The number of fused-ring (bicyclic) bond motifs is 3. The van der Waals surface area contributed by atoms with Crippen molar-refractivity contribution in [3.63, 3.8) is 0 Å². The van der Waals surface area contributed by atoms with E-state index in [-0.39, 0.29) is 11.6 Å². The number of allylic oxidation sites excluding steroid dienone is 1. The molecule has 0 fully saturated rings. The molecule has 1 atom stereocenters. The van der Waals surface area contributed by atoms with E-state index in [4.69, 9.17) is 9.40 Å². The van der Waals surface area contributed by atoms with Crippen molar-refractivity contribution in [2.24, 2.45) is 0 Å². The maximum atomic E-state index is 13.7. The average Bonchev–Trinajstić information content (AvgIpc) is 3.53. The topological polar surface area (TPSA) is 115 Å². The number of nitro groups is 1. The van der Waals surface area contributed by atoms with Crippen LogP contribution in [0.5, 0.6) is 0 Å². The quantitative estimate of drug-likeness (QED) is 0.210. The van der Waals surface area contributed by atoms with Crippen LogP contribution in [0.3, 0.4) is 0 Å². The molecule has 5 aromatic rings. The van der Waals surface area contributed by atoms with Crippen molar-refractivity contribution in [2.75, 3.05) is 10.6 Å².